The molecule has 2 N–H and O–H groups in total. The van der Waals surface area contributed by atoms with Crippen molar-refractivity contribution in [1.29, 1.82) is 0 Å². The monoisotopic (exact) mass is 284 g/mol. The van der Waals surface area contributed by atoms with Gasteiger partial charge in [0.2, 0.25) is 0 Å². The zero-order chi connectivity index (χ0) is 14.2. The van der Waals surface area contributed by atoms with Crippen LogP contribution >= 0.6 is 0 Å². The molecule has 2 heterocycles. The van der Waals surface area contributed by atoms with E-state index in [-0.39, 0.29) is 0 Å². The molecule has 2 fully saturated rings. The number of phenolic OH excluding ortho intramolecular Hbond substituents is 1. The molecule has 0 amide bonds. The van der Waals surface area contributed by atoms with E-state index in [2.05, 4.69) is 20.0 Å². The van der Waals surface area contributed by atoms with Crippen molar-refractivity contribution in [1.82, 2.24) is 15.1 Å². The summed E-state index contributed by atoms with van der Waals surface area (Å²) in [5.41, 5.74) is 3.64. The Morgan fingerprint density at radius 2 is 1.81 bits per heavy atom. The van der Waals surface area contributed by atoms with Crippen LogP contribution in [0, 0.1) is 0 Å². The molecule has 2 aromatic rings. The van der Waals surface area contributed by atoms with Gasteiger partial charge in [-0.15, -0.1) is 0 Å². The van der Waals surface area contributed by atoms with Gasteiger partial charge in [-0.25, -0.2) is 4.68 Å². The molecule has 0 radical (unpaired) electrons. The normalized spacial score (nSPS) is 19.0. The van der Waals surface area contributed by atoms with Gasteiger partial charge >= 0.3 is 0 Å². The van der Waals surface area contributed by atoms with E-state index in [0.717, 1.165) is 31.9 Å². The average molecular weight is 284 g/mol. The predicted molar refractivity (Wildman–Crippen MR) is 82.3 cm³/mol. The van der Waals surface area contributed by atoms with Crippen LogP contribution in [0.1, 0.15) is 24.5 Å². The first-order chi connectivity index (χ1) is 10.3. The van der Waals surface area contributed by atoms with E-state index in [1.54, 1.807) is 12.1 Å². The first-order valence-corrected chi connectivity index (χ1v) is 7.66. The molecule has 5 nitrogen and oxygen atoms in total. The van der Waals surface area contributed by atoms with Crippen molar-refractivity contribution < 1.29 is 5.11 Å². The van der Waals surface area contributed by atoms with Gasteiger partial charge < -0.3 is 15.3 Å². The van der Waals surface area contributed by atoms with Crippen LogP contribution in [0.2, 0.25) is 0 Å². The average Bonchev–Trinajstić information content (AvgIpc) is 3.28. The topological polar surface area (TPSA) is 53.3 Å². The summed E-state index contributed by atoms with van der Waals surface area (Å²) < 4.78 is 2.05. The number of nitrogens with one attached hydrogen (secondary N) is 1. The fourth-order valence-corrected chi connectivity index (χ4v) is 3.04. The second-order valence-electron chi connectivity index (χ2n) is 5.85. The number of anilines is 1. The Bertz CT molecular complexity index is 624. The summed E-state index contributed by atoms with van der Waals surface area (Å²) in [6, 6.07) is 7.29. The highest BCUT2D eigenvalue weighted by Gasteiger charge is 2.32. The van der Waals surface area contributed by atoms with Crippen LogP contribution in [0.5, 0.6) is 5.75 Å². The number of rotatable bonds is 3. The first-order valence-electron chi connectivity index (χ1n) is 7.66. The molecule has 5 heteroatoms. The van der Waals surface area contributed by atoms with Gasteiger partial charge in [-0.05, 0) is 37.1 Å². The van der Waals surface area contributed by atoms with Crippen LogP contribution in [-0.2, 0) is 0 Å². The SMILES string of the molecule is Oc1ccc(-n2ncc(N3CCNCC3)c2C2CC2)cc1. The Hall–Kier alpha value is -2.01. The standard InChI is InChI=1S/C16H20N4O/c21-14-5-3-13(4-6-14)20-16(12-1-2-12)15(11-18-20)19-9-7-17-8-10-19/h3-6,11-12,17,21H,1-2,7-10H2. The Morgan fingerprint density at radius 1 is 1.10 bits per heavy atom. The van der Waals surface area contributed by atoms with E-state index in [0.29, 0.717) is 11.7 Å². The molecule has 0 unspecified atom stereocenters. The first kappa shape index (κ1) is 12.7. The minimum absolute atomic E-state index is 0.293. The van der Waals surface area contributed by atoms with Crippen LogP contribution < -0.4 is 10.2 Å². The zero-order valence-corrected chi connectivity index (χ0v) is 12.0. The molecule has 110 valence electrons. The molecule has 1 saturated heterocycles. The van der Waals surface area contributed by atoms with E-state index in [1.165, 1.54) is 24.2 Å². The summed E-state index contributed by atoms with van der Waals surface area (Å²) in [4.78, 5) is 2.44. The van der Waals surface area contributed by atoms with Crippen LogP contribution in [-0.4, -0.2) is 41.1 Å². The Balaban J connectivity index is 1.74. The molecule has 1 aromatic carbocycles. The Labute approximate surface area is 124 Å². The summed E-state index contributed by atoms with van der Waals surface area (Å²) >= 11 is 0. The molecule has 2 aliphatic rings. The zero-order valence-electron chi connectivity index (χ0n) is 12.0. The molecule has 0 spiro atoms. The summed E-state index contributed by atoms with van der Waals surface area (Å²) in [6.45, 7) is 4.16. The van der Waals surface area contributed by atoms with Crippen LogP contribution in [0.15, 0.2) is 30.5 Å². The molecule has 4 rings (SSSR count). The number of hydrogen-bond acceptors (Lipinski definition) is 4. The van der Waals surface area contributed by atoms with Crippen molar-refractivity contribution >= 4 is 5.69 Å². The van der Waals surface area contributed by atoms with Gasteiger partial charge in [-0.2, -0.15) is 5.10 Å². The van der Waals surface area contributed by atoms with Crippen molar-refractivity contribution in [3.05, 3.63) is 36.2 Å². The smallest absolute Gasteiger partial charge is 0.115 e. The van der Waals surface area contributed by atoms with Gasteiger partial charge in [-0.1, -0.05) is 0 Å². The molecular formula is C16H20N4O. The van der Waals surface area contributed by atoms with Crippen molar-refractivity contribution in [2.24, 2.45) is 0 Å². The van der Waals surface area contributed by atoms with E-state index >= 15 is 0 Å². The highest BCUT2D eigenvalue weighted by Crippen LogP contribution is 2.45. The third-order valence-electron chi connectivity index (χ3n) is 4.30. The fraction of sp³-hybridized carbons (Fsp3) is 0.438. The number of hydrogen-bond donors (Lipinski definition) is 2. The molecule has 0 bridgehead atoms. The molecule has 21 heavy (non-hydrogen) atoms. The van der Waals surface area contributed by atoms with E-state index in [9.17, 15) is 5.11 Å². The summed E-state index contributed by atoms with van der Waals surface area (Å²) in [7, 11) is 0. The molecule has 0 atom stereocenters. The van der Waals surface area contributed by atoms with Gasteiger partial charge in [0.1, 0.15) is 5.75 Å². The van der Waals surface area contributed by atoms with E-state index < -0.39 is 0 Å². The lowest BCUT2D eigenvalue weighted by Crippen LogP contribution is -2.43. The molecule has 1 saturated carbocycles. The number of aromatic nitrogens is 2. The van der Waals surface area contributed by atoms with E-state index in [4.69, 9.17) is 0 Å². The third-order valence-corrected chi connectivity index (χ3v) is 4.30. The second-order valence-corrected chi connectivity index (χ2v) is 5.85. The van der Waals surface area contributed by atoms with Crippen LogP contribution in [0.25, 0.3) is 5.69 Å². The van der Waals surface area contributed by atoms with Gasteiger partial charge in [-0.3, -0.25) is 0 Å². The minimum atomic E-state index is 0.293. The molecule has 1 aromatic heterocycles. The molecule has 1 aliphatic carbocycles. The van der Waals surface area contributed by atoms with Gasteiger partial charge in [0, 0.05) is 32.1 Å². The summed E-state index contributed by atoms with van der Waals surface area (Å²) in [6.07, 6.45) is 4.51. The lowest BCUT2D eigenvalue weighted by molar-refractivity contribution is 0.475. The van der Waals surface area contributed by atoms with Crippen molar-refractivity contribution in [3.63, 3.8) is 0 Å². The summed E-state index contributed by atoms with van der Waals surface area (Å²) in [5.74, 6) is 0.924. The molecule has 1 aliphatic heterocycles. The van der Waals surface area contributed by atoms with Crippen molar-refractivity contribution in [2.45, 2.75) is 18.8 Å². The Kier molecular flexibility index (Phi) is 3.07. The second kappa shape index (κ2) is 5.07. The summed E-state index contributed by atoms with van der Waals surface area (Å²) in [5, 5.41) is 17.5. The fourth-order valence-electron chi connectivity index (χ4n) is 3.04. The third kappa shape index (κ3) is 2.38. The Morgan fingerprint density at radius 3 is 2.48 bits per heavy atom. The number of aromatic hydroxyl groups is 1. The van der Waals surface area contributed by atoms with E-state index in [1.807, 2.05) is 18.3 Å². The van der Waals surface area contributed by atoms with Crippen molar-refractivity contribution in [2.75, 3.05) is 31.1 Å². The van der Waals surface area contributed by atoms with Crippen LogP contribution in [0.3, 0.4) is 0 Å². The maximum atomic E-state index is 9.46. The van der Waals surface area contributed by atoms with Gasteiger partial charge in [0.25, 0.3) is 0 Å². The van der Waals surface area contributed by atoms with Gasteiger partial charge in [0.05, 0.1) is 23.3 Å². The number of phenols is 1. The quantitative estimate of drug-likeness (QED) is 0.903. The van der Waals surface area contributed by atoms with Gasteiger partial charge in [0.15, 0.2) is 0 Å². The maximum Gasteiger partial charge on any atom is 0.115 e. The highest BCUT2D eigenvalue weighted by molar-refractivity contribution is 5.56. The number of piperazine rings is 1. The number of nitrogens with zero attached hydrogens (tertiary/aromatic N) is 3. The lowest BCUT2D eigenvalue weighted by atomic mass is 10.2. The highest BCUT2D eigenvalue weighted by atomic mass is 16.3. The largest absolute Gasteiger partial charge is 0.508 e. The predicted octanol–water partition coefficient (Wildman–Crippen LogP) is 1.86. The minimum Gasteiger partial charge on any atom is -0.508 e. The van der Waals surface area contributed by atoms with Crippen LogP contribution in [0.4, 0.5) is 5.69 Å². The maximum absolute atomic E-state index is 9.46. The molecular weight excluding hydrogens is 264 g/mol. The van der Waals surface area contributed by atoms with Crippen molar-refractivity contribution in [3.8, 4) is 11.4 Å². The lowest BCUT2D eigenvalue weighted by Gasteiger charge is -2.29. The number of benzene rings is 1.